The summed E-state index contributed by atoms with van der Waals surface area (Å²) >= 11 is 1.29. The van der Waals surface area contributed by atoms with Gasteiger partial charge in [-0.15, -0.1) is 11.3 Å². The molecule has 0 bridgehead atoms. The van der Waals surface area contributed by atoms with Crippen molar-refractivity contribution >= 4 is 34.3 Å². The van der Waals surface area contributed by atoms with Crippen LogP contribution < -0.4 is 14.8 Å². The molecule has 1 amide bonds. The monoisotopic (exact) mass is 470 g/mol. The van der Waals surface area contributed by atoms with Crippen LogP contribution in [0.15, 0.2) is 29.8 Å². The number of carbonyl (C=O) groups is 2. The molecule has 0 aliphatic heterocycles. The van der Waals surface area contributed by atoms with E-state index in [9.17, 15) is 14.9 Å². The van der Waals surface area contributed by atoms with Crippen LogP contribution in [0.4, 0.5) is 5.00 Å². The summed E-state index contributed by atoms with van der Waals surface area (Å²) in [5, 5.41) is 12.6. The summed E-state index contributed by atoms with van der Waals surface area (Å²) in [6.45, 7) is 8.79. The Bertz CT molecular complexity index is 1060. The minimum absolute atomic E-state index is 0.110. The molecule has 0 fully saturated rings. The van der Waals surface area contributed by atoms with E-state index in [0.717, 1.165) is 11.3 Å². The van der Waals surface area contributed by atoms with Gasteiger partial charge in [0.2, 0.25) is 0 Å². The topological polar surface area (TPSA) is 97.7 Å². The maximum absolute atomic E-state index is 12.8. The first-order valence-electron chi connectivity index (χ1n) is 10.7. The number of nitrogens with zero attached hydrogens (tertiary/aromatic N) is 1. The van der Waals surface area contributed by atoms with Crippen molar-refractivity contribution in [2.24, 2.45) is 5.92 Å². The number of hydrogen-bond donors (Lipinski definition) is 1. The second-order valence-electron chi connectivity index (χ2n) is 8.10. The van der Waals surface area contributed by atoms with Gasteiger partial charge in [-0.3, -0.25) is 4.79 Å². The molecule has 8 heteroatoms. The Morgan fingerprint density at radius 3 is 2.45 bits per heavy atom. The molecule has 0 spiro atoms. The van der Waals surface area contributed by atoms with E-state index < -0.39 is 11.9 Å². The third-order valence-electron chi connectivity index (χ3n) is 4.77. The molecule has 1 aromatic carbocycles. The van der Waals surface area contributed by atoms with Crippen LogP contribution in [0.5, 0.6) is 11.5 Å². The number of anilines is 1. The van der Waals surface area contributed by atoms with E-state index in [1.165, 1.54) is 31.6 Å². The van der Waals surface area contributed by atoms with E-state index in [0.29, 0.717) is 34.6 Å². The van der Waals surface area contributed by atoms with Gasteiger partial charge in [-0.05, 0) is 48.1 Å². The molecule has 1 N–H and O–H groups in total. The van der Waals surface area contributed by atoms with E-state index in [4.69, 9.17) is 14.2 Å². The zero-order chi connectivity index (χ0) is 24.5. The number of benzene rings is 1. The number of carbonyl (C=O) groups excluding carboxylic acids is 2. The number of hydrogen-bond acceptors (Lipinski definition) is 7. The van der Waals surface area contributed by atoms with E-state index in [-0.39, 0.29) is 17.1 Å². The van der Waals surface area contributed by atoms with Gasteiger partial charge in [0.05, 0.1) is 26.4 Å². The van der Waals surface area contributed by atoms with Crippen molar-refractivity contribution in [2.45, 2.75) is 40.0 Å². The molecule has 33 heavy (non-hydrogen) atoms. The molecular formula is C25H30N2O5S. The molecule has 0 saturated heterocycles. The first-order valence-corrected chi connectivity index (χ1v) is 11.5. The first kappa shape index (κ1) is 25.9. The summed E-state index contributed by atoms with van der Waals surface area (Å²) < 4.78 is 16.0. The third kappa shape index (κ3) is 7.09. The van der Waals surface area contributed by atoms with Gasteiger partial charge in [0.25, 0.3) is 5.91 Å². The number of nitrogens with one attached hydrogen (secondary N) is 1. The molecule has 0 atom stereocenters. The van der Waals surface area contributed by atoms with Crippen LogP contribution in [0.25, 0.3) is 6.08 Å². The van der Waals surface area contributed by atoms with Crippen molar-refractivity contribution in [1.82, 2.24) is 0 Å². The van der Waals surface area contributed by atoms with Crippen molar-refractivity contribution in [2.75, 3.05) is 26.1 Å². The lowest BCUT2D eigenvalue weighted by Crippen LogP contribution is -2.15. The summed E-state index contributed by atoms with van der Waals surface area (Å²) in [4.78, 5) is 25.9. The Kier molecular flexibility index (Phi) is 9.49. The van der Waals surface area contributed by atoms with Crippen molar-refractivity contribution in [3.05, 3.63) is 45.8 Å². The molecule has 176 valence electrons. The summed E-state index contributed by atoms with van der Waals surface area (Å²) in [5.41, 5.74) is 0.763. The summed E-state index contributed by atoms with van der Waals surface area (Å²) in [6.07, 6.45) is 2.38. The standard InChI is InChI=1S/C25H30N2O5S/c1-15(2)9-10-32-20-8-7-17(12-21(20)30-5)11-18(14-26)23(28)27-24-19(25(29)31-6)13-22(33-24)16(3)4/h7-8,11-13,15-16H,9-10H2,1-6H3,(H,27,28)/b18-11+. The molecule has 2 rings (SSSR count). The lowest BCUT2D eigenvalue weighted by Gasteiger charge is -2.12. The number of esters is 1. The second-order valence-corrected chi connectivity index (χ2v) is 9.19. The highest BCUT2D eigenvalue weighted by Crippen LogP contribution is 2.34. The Hall–Kier alpha value is -3.31. The Morgan fingerprint density at radius 1 is 1.15 bits per heavy atom. The highest BCUT2D eigenvalue weighted by molar-refractivity contribution is 7.16. The molecule has 0 saturated carbocycles. The van der Waals surface area contributed by atoms with Gasteiger partial charge < -0.3 is 19.5 Å². The first-order chi connectivity index (χ1) is 15.7. The SMILES string of the molecule is COC(=O)c1cc(C(C)C)sc1NC(=O)/C(C#N)=C/c1ccc(OCCC(C)C)c(OC)c1. The second kappa shape index (κ2) is 12.1. The summed E-state index contributed by atoms with van der Waals surface area (Å²) in [6, 6.07) is 8.84. The molecule has 7 nitrogen and oxygen atoms in total. The third-order valence-corrected chi connectivity index (χ3v) is 6.12. The normalized spacial score (nSPS) is 11.3. The minimum atomic E-state index is -0.615. The van der Waals surface area contributed by atoms with Gasteiger partial charge in [0, 0.05) is 4.88 Å². The molecule has 0 unspecified atom stereocenters. The molecular weight excluding hydrogens is 440 g/mol. The van der Waals surface area contributed by atoms with Crippen molar-refractivity contribution in [3.63, 3.8) is 0 Å². The van der Waals surface area contributed by atoms with Gasteiger partial charge in [-0.1, -0.05) is 33.8 Å². The molecule has 1 aromatic heterocycles. The number of methoxy groups -OCH3 is 2. The van der Waals surface area contributed by atoms with Crippen LogP contribution in [0.1, 0.15) is 60.8 Å². The fraction of sp³-hybridized carbons (Fsp3) is 0.400. The van der Waals surface area contributed by atoms with Crippen LogP contribution in [-0.2, 0) is 9.53 Å². The number of rotatable bonds is 10. The lowest BCUT2D eigenvalue weighted by atomic mass is 10.1. The van der Waals surface area contributed by atoms with Crippen LogP contribution in [0, 0.1) is 17.2 Å². The quantitative estimate of drug-likeness (QED) is 0.274. The smallest absolute Gasteiger partial charge is 0.340 e. The fourth-order valence-corrected chi connectivity index (χ4v) is 3.88. The van der Waals surface area contributed by atoms with Crippen molar-refractivity contribution < 1.29 is 23.8 Å². The Balaban J connectivity index is 2.26. The molecule has 2 aromatic rings. The highest BCUT2D eigenvalue weighted by atomic mass is 32.1. The van der Waals surface area contributed by atoms with Gasteiger partial charge >= 0.3 is 5.97 Å². The number of thiophene rings is 1. The van der Waals surface area contributed by atoms with Crippen LogP contribution >= 0.6 is 11.3 Å². The van der Waals surface area contributed by atoms with Crippen molar-refractivity contribution in [1.29, 1.82) is 5.26 Å². The molecule has 0 aliphatic rings. The average Bonchev–Trinajstić information content (AvgIpc) is 3.21. The van der Waals surface area contributed by atoms with Crippen molar-refractivity contribution in [3.8, 4) is 17.6 Å². The number of ether oxygens (including phenoxy) is 3. The average molecular weight is 471 g/mol. The predicted molar refractivity (Wildman–Crippen MR) is 130 cm³/mol. The van der Waals surface area contributed by atoms with Crippen LogP contribution in [-0.4, -0.2) is 32.7 Å². The van der Waals surface area contributed by atoms with E-state index >= 15 is 0 Å². The van der Waals surface area contributed by atoms with Crippen LogP contribution in [0.2, 0.25) is 0 Å². The van der Waals surface area contributed by atoms with E-state index in [1.54, 1.807) is 24.3 Å². The lowest BCUT2D eigenvalue weighted by molar-refractivity contribution is -0.112. The predicted octanol–water partition coefficient (Wildman–Crippen LogP) is 5.64. The molecule has 0 radical (unpaired) electrons. The Morgan fingerprint density at radius 2 is 1.88 bits per heavy atom. The number of nitriles is 1. The van der Waals surface area contributed by atoms with Gasteiger partial charge in [-0.2, -0.15) is 5.26 Å². The summed E-state index contributed by atoms with van der Waals surface area (Å²) in [5.74, 6) is 0.641. The summed E-state index contributed by atoms with van der Waals surface area (Å²) in [7, 11) is 2.82. The Labute approximate surface area is 199 Å². The van der Waals surface area contributed by atoms with E-state index in [1.807, 2.05) is 19.9 Å². The zero-order valence-corrected chi connectivity index (χ0v) is 20.7. The van der Waals surface area contributed by atoms with E-state index in [2.05, 4.69) is 19.2 Å². The largest absolute Gasteiger partial charge is 0.493 e. The van der Waals surface area contributed by atoms with Crippen LogP contribution in [0.3, 0.4) is 0 Å². The molecule has 1 heterocycles. The fourth-order valence-electron chi connectivity index (χ4n) is 2.83. The highest BCUT2D eigenvalue weighted by Gasteiger charge is 2.21. The number of amides is 1. The minimum Gasteiger partial charge on any atom is -0.493 e. The maximum atomic E-state index is 12.8. The van der Waals surface area contributed by atoms with Gasteiger partial charge in [-0.25, -0.2) is 4.79 Å². The van der Waals surface area contributed by atoms with Gasteiger partial charge in [0.15, 0.2) is 11.5 Å². The van der Waals surface area contributed by atoms with Gasteiger partial charge in [0.1, 0.15) is 16.6 Å². The molecule has 0 aliphatic carbocycles. The maximum Gasteiger partial charge on any atom is 0.340 e. The zero-order valence-electron chi connectivity index (χ0n) is 19.9.